The molecule has 2 aliphatic rings. The first-order chi connectivity index (χ1) is 10.9. The fourth-order valence-electron chi connectivity index (χ4n) is 3.43. The van der Waals surface area contributed by atoms with Crippen molar-refractivity contribution in [2.45, 2.75) is 50.9 Å². The Morgan fingerprint density at radius 1 is 1.17 bits per heavy atom. The molecule has 0 aromatic carbocycles. The number of rotatable bonds is 0. The molecule has 1 fully saturated rings. The largest absolute Gasteiger partial charge is 0.417 e. The number of hydrogen-bond acceptors (Lipinski definition) is 3. The highest BCUT2D eigenvalue weighted by atomic mass is 19.4. The minimum absolute atomic E-state index is 0.0159. The third kappa shape index (κ3) is 2.96. The molecule has 0 N–H and O–H groups in total. The van der Waals surface area contributed by atoms with Crippen LogP contribution < -0.4 is 4.90 Å². The SMILES string of the molecule is CC(C)(C)N1CCN2c3ncc(C(F)(F)F)cc3C(F)(F)CC2C1. The van der Waals surface area contributed by atoms with Crippen molar-refractivity contribution in [1.82, 2.24) is 9.88 Å². The van der Waals surface area contributed by atoms with Gasteiger partial charge in [-0.2, -0.15) is 13.2 Å². The van der Waals surface area contributed by atoms with Crippen LogP contribution in [0.15, 0.2) is 12.3 Å². The minimum Gasteiger partial charge on any atom is -0.350 e. The molecule has 0 saturated carbocycles. The molecule has 8 heteroatoms. The number of piperazine rings is 1. The van der Waals surface area contributed by atoms with Crippen LogP contribution in [0, 0.1) is 0 Å². The van der Waals surface area contributed by atoms with E-state index in [9.17, 15) is 22.0 Å². The Balaban J connectivity index is 1.98. The maximum atomic E-state index is 14.5. The molecule has 0 bridgehead atoms. The molecule has 3 heterocycles. The maximum absolute atomic E-state index is 14.5. The monoisotopic (exact) mass is 349 g/mol. The number of alkyl halides is 5. The number of pyridine rings is 1. The first-order valence-electron chi connectivity index (χ1n) is 7.87. The summed E-state index contributed by atoms with van der Waals surface area (Å²) < 4.78 is 67.5. The highest BCUT2D eigenvalue weighted by Crippen LogP contribution is 2.46. The van der Waals surface area contributed by atoms with Crippen molar-refractivity contribution in [2.75, 3.05) is 24.5 Å². The van der Waals surface area contributed by atoms with Gasteiger partial charge < -0.3 is 4.90 Å². The zero-order chi connectivity index (χ0) is 17.9. The number of aromatic nitrogens is 1. The summed E-state index contributed by atoms with van der Waals surface area (Å²) >= 11 is 0. The van der Waals surface area contributed by atoms with Crippen molar-refractivity contribution in [2.24, 2.45) is 0 Å². The molecule has 0 radical (unpaired) electrons. The molecule has 1 unspecified atom stereocenters. The van der Waals surface area contributed by atoms with Gasteiger partial charge in [0.2, 0.25) is 0 Å². The summed E-state index contributed by atoms with van der Waals surface area (Å²) in [5.41, 5.74) is -1.89. The predicted octanol–water partition coefficient (Wildman–Crippen LogP) is 3.89. The van der Waals surface area contributed by atoms with Crippen LogP contribution in [0.2, 0.25) is 0 Å². The van der Waals surface area contributed by atoms with Gasteiger partial charge in [0.25, 0.3) is 5.92 Å². The Hall–Kier alpha value is -1.44. The van der Waals surface area contributed by atoms with Gasteiger partial charge in [-0.1, -0.05) is 0 Å². The van der Waals surface area contributed by atoms with E-state index < -0.39 is 35.7 Å². The van der Waals surface area contributed by atoms with Crippen molar-refractivity contribution < 1.29 is 22.0 Å². The van der Waals surface area contributed by atoms with E-state index in [-0.39, 0.29) is 11.4 Å². The number of fused-ring (bicyclic) bond motifs is 3. The van der Waals surface area contributed by atoms with E-state index in [0.29, 0.717) is 31.9 Å². The average Bonchev–Trinajstić information content (AvgIpc) is 2.44. The standard InChI is InChI=1S/C16H20F5N3/c1-14(2,3)23-4-5-24-11(9-23)7-15(17,18)12-6-10(16(19,20)21)8-22-13(12)24/h6,8,11H,4-5,7,9H2,1-3H3. The summed E-state index contributed by atoms with van der Waals surface area (Å²) in [5, 5.41) is 0. The Bertz CT molecular complexity index is 636. The molecule has 24 heavy (non-hydrogen) atoms. The van der Waals surface area contributed by atoms with Crippen molar-refractivity contribution >= 4 is 5.82 Å². The van der Waals surface area contributed by atoms with E-state index in [1.807, 2.05) is 20.8 Å². The summed E-state index contributed by atoms with van der Waals surface area (Å²) in [4.78, 5) is 7.62. The van der Waals surface area contributed by atoms with Gasteiger partial charge in [-0.25, -0.2) is 13.8 Å². The van der Waals surface area contributed by atoms with Crippen LogP contribution >= 0.6 is 0 Å². The third-order valence-electron chi connectivity index (χ3n) is 4.78. The Morgan fingerprint density at radius 2 is 1.83 bits per heavy atom. The minimum atomic E-state index is -4.68. The van der Waals surface area contributed by atoms with Crippen molar-refractivity contribution in [3.63, 3.8) is 0 Å². The van der Waals surface area contributed by atoms with E-state index in [4.69, 9.17) is 0 Å². The normalized spacial score (nSPS) is 24.5. The molecular weight excluding hydrogens is 329 g/mol. The molecular formula is C16H20F5N3. The topological polar surface area (TPSA) is 19.4 Å². The second kappa shape index (κ2) is 5.28. The lowest BCUT2D eigenvalue weighted by Gasteiger charge is -2.50. The fourth-order valence-corrected chi connectivity index (χ4v) is 3.43. The Kier molecular flexibility index (Phi) is 3.82. The summed E-state index contributed by atoms with van der Waals surface area (Å²) in [6, 6.07) is 0.0963. The molecule has 1 aromatic rings. The van der Waals surface area contributed by atoms with Gasteiger partial charge in [-0.15, -0.1) is 0 Å². The second-order valence-electron chi connectivity index (χ2n) is 7.47. The number of anilines is 1. The van der Waals surface area contributed by atoms with Crippen LogP contribution in [-0.4, -0.2) is 41.1 Å². The summed E-state index contributed by atoms with van der Waals surface area (Å²) in [5.74, 6) is -3.33. The van der Waals surface area contributed by atoms with Crippen LogP contribution in [0.25, 0.3) is 0 Å². The summed E-state index contributed by atoms with van der Waals surface area (Å²) in [6.07, 6.45) is -4.52. The summed E-state index contributed by atoms with van der Waals surface area (Å²) in [6.45, 7) is 7.64. The number of hydrogen-bond donors (Lipinski definition) is 0. The molecule has 0 spiro atoms. The van der Waals surface area contributed by atoms with E-state index in [0.717, 1.165) is 0 Å². The molecule has 1 saturated heterocycles. The first kappa shape index (κ1) is 17.4. The first-order valence-corrected chi connectivity index (χ1v) is 7.87. The van der Waals surface area contributed by atoms with Gasteiger partial charge in [0.15, 0.2) is 0 Å². The van der Waals surface area contributed by atoms with Gasteiger partial charge in [0.05, 0.1) is 11.1 Å². The van der Waals surface area contributed by atoms with Crippen LogP contribution in [0.4, 0.5) is 27.8 Å². The van der Waals surface area contributed by atoms with Crippen LogP contribution in [0.3, 0.4) is 0 Å². The quantitative estimate of drug-likeness (QED) is 0.663. The fraction of sp³-hybridized carbons (Fsp3) is 0.688. The lowest BCUT2D eigenvalue weighted by molar-refractivity contribution is -0.138. The maximum Gasteiger partial charge on any atom is 0.417 e. The van der Waals surface area contributed by atoms with Crippen molar-refractivity contribution in [1.29, 1.82) is 0 Å². The van der Waals surface area contributed by atoms with Crippen LogP contribution in [-0.2, 0) is 12.1 Å². The second-order valence-corrected chi connectivity index (χ2v) is 7.47. The molecule has 1 atom stereocenters. The number of halogens is 5. The van der Waals surface area contributed by atoms with Crippen molar-refractivity contribution in [3.8, 4) is 0 Å². The van der Waals surface area contributed by atoms with Gasteiger partial charge in [-0.3, -0.25) is 4.90 Å². The van der Waals surface area contributed by atoms with E-state index >= 15 is 0 Å². The van der Waals surface area contributed by atoms with Gasteiger partial charge >= 0.3 is 6.18 Å². The predicted molar refractivity (Wildman–Crippen MR) is 80.2 cm³/mol. The van der Waals surface area contributed by atoms with Crippen LogP contribution in [0.1, 0.15) is 38.3 Å². The smallest absolute Gasteiger partial charge is 0.350 e. The van der Waals surface area contributed by atoms with Gasteiger partial charge in [0, 0.05) is 43.8 Å². The highest BCUT2D eigenvalue weighted by Gasteiger charge is 2.49. The molecule has 134 valence electrons. The van der Waals surface area contributed by atoms with Gasteiger partial charge in [0.1, 0.15) is 5.82 Å². The summed E-state index contributed by atoms with van der Waals surface area (Å²) in [7, 11) is 0. The lowest BCUT2D eigenvalue weighted by atomic mass is 9.90. The van der Waals surface area contributed by atoms with E-state index in [2.05, 4.69) is 9.88 Å². The van der Waals surface area contributed by atoms with E-state index in [1.54, 1.807) is 4.90 Å². The third-order valence-corrected chi connectivity index (χ3v) is 4.78. The molecule has 3 rings (SSSR count). The Morgan fingerprint density at radius 3 is 2.42 bits per heavy atom. The zero-order valence-electron chi connectivity index (χ0n) is 13.8. The van der Waals surface area contributed by atoms with Crippen LogP contribution in [0.5, 0.6) is 0 Å². The number of nitrogens with zero attached hydrogens (tertiary/aromatic N) is 3. The highest BCUT2D eigenvalue weighted by molar-refractivity contribution is 5.55. The van der Waals surface area contributed by atoms with Gasteiger partial charge in [-0.05, 0) is 26.8 Å². The molecule has 0 aliphatic carbocycles. The zero-order valence-corrected chi connectivity index (χ0v) is 13.8. The van der Waals surface area contributed by atoms with Crippen molar-refractivity contribution in [3.05, 3.63) is 23.4 Å². The average molecular weight is 349 g/mol. The molecule has 1 aromatic heterocycles. The molecule has 0 amide bonds. The lowest BCUT2D eigenvalue weighted by Crippen LogP contribution is -2.61. The van der Waals surface area contributed by atoms with E-state index in [1.165, 1.54) is 0 Å². The molecule has 2 aliphatic heterocycles. The Labute approximate surface area is 137 Å². The molecule has 3 nitrogen and oxygen atoms in total.